The number of allylic oxidation sites excluding steroid dienone is 2. The molecule has 10 fully saturated rings. The smallest absolute Gasteiger partial charge is 0.315 e. The van der Waals surface area contributed by atoms with E-state index in [1.165, 1.54) is 19.4 Å². The standard InChI is InChI=1S/C64H104O29/c1-25-36(68)41(73)45(77)54(85-25)90-49-31(21-65)87-52(47(79)43(49)75)84-24-32-40(72)42(74)46(78)55(88-32)93-58(81)64-18-16-59(3,4)20-28(64)27-10-11-34-61(7)14-13-35(60(5,6)33(61)12-15-63(34,9)62(27,8)17-19-64)89-57-51(39(71)30(67)23-83-57)92-56-48(80)50(37(69)26(2)86-56)91-53-44(76)38(70)29(66)22-82-53/h10,25-26,28-57,65-80H,11-24H2,1-9H3/t25-,26-,28-,29+,30-,31+,32+,33?,34?,35-,36-,37-,38+,39-,40+,41+,42-,43+,44+,45+,46+,47+,48+,49+,50+,51+,52+,53-,54-,55-,56-,57-,61-,62+,63+,64-/m0/s1. The fraction of sp³-hybridized carbons (Fsp3) is 0.953. The van der Waals surface area contributed by atoms with E-state index in [1.54, 1.807) is 0 Å². The quantitative estimate of drug-likeness (QED) is 0.0467. The van der Waals surface area contributed by atoms with Crippen LogP contribution in [0.5, 0.6) is 0 Å². The zero-order chi connectivity index (χ0) is 67.7. The molecular formula is C64H104O29. The second kappa shape index (κ2) is 26.9. The first-order valence-corrected chi connectivity index (χ1v) is 33.4. The number of ether oxygens (including phenoxy) is 12. The lowest BCUT2D eigenvalue weighted by Crippen LogP contribution is -2.66. The SMILES string of the molecule is C[C@@H]1O[C@@H](O[C@H]2[C@H](O)[C@@H](O)[C@H](OC[C@H]3O[C@@H](OC(=O)[C@]45CCC(C)(C)C[C@H]4C4=CCC6[C@@]7(C)CC[C@H](O[C@@H]8OC[C@H](O)[C@H](O)[C@H]8O[C@@H]8O[C@@H](C)[C@H](O)[C@@H](O[C@@H]9OC[C@@H](O)[C@@H](O)[C@H]9O)[C@H]8O)C(C)(C)C7CC[C@@]6(C)[C@]4(C)CC5)[C@H](O)[C@@H](O)[C@@H]3O)O[C@@H]2CO)[C@H](O)[C@H](O)[C@H]1O. The topological polar surface area (TPSA) is 452 Å². The molecule has 0 aromatic carbocycles. The van der Waals surface area contributed by atoms with Crippen molar-refractivity contribution in [2.24, 2.45) is 50.2 Å². The molecule has 0 amide bonds. The highest BCUT2D eigenvalue weighted by Crippen LogP contribution is 2.76. The van der Waals surface area contributed by atoms with Crippen LogP contribution in [0, 0.1) is 50.2 Å². The summed E-state index contributed by atoms with van der Waals surface area (Å²) < 4.78 is 71.5. The second-order valence-corrected chi connectivity index (χ2v) is 31.0. The first-order chi connectivity index (χ1) is 43.5. The number of aliphatic hydroxyl groups excluding tert-OH is 16. The van der Waals surface area contributed by atoms with Crippen LogP contribution in [0.15, 0.2) is 11.6 Å². The number of esters is 1. The number of rotatable bonds is 14. The lowest BCUT2D eigenvalue weighted by Gasteiger charge is -2.71. The predicted molar refractivity (Wildman–Crippen MR) is 313 cm³/mol. The van der Waals surface area contributed by atoms with E-state index < -0.39 is 215 Å². The number of carbonyl (C=O) groups is 1. The van der Waals surface area contributed by atoms with E-state index >= 15 is 4.79 Å². The van der Waals surface area contributed by atoms with Gasteiger partial charge in [-0.2, -0.15) is 0 Å². The average Bonchev–Trinajstić information content (AvgIpc) is 0.676. The van der Waals surface area contributed by atoms with Crippen molar-refractivity contribution in [3.63, 3.8) is 0 Å². The molecule has 6 saturated heterocycles. The Morgan fingerprint density at radius 2 is 1.08 bits per heavy atom. The van der Waals surface area contributed by atoms with E-state index in [0.29, 0.717) is 38.5 Å². The maximum absolute atomic E-state index is 15.3. The van der Waals surface area contributed by atoms with Gasteiger partial charge in [-0.05, 0) is 123 Å². The van der Waals surface area contributed by atoms with Gasteiger partial charge >= 0.3 is 5.97 Å². The molecule has 0 radical (unpaired) electrons. The van der Waals surface area contributed by atoms with Gasteiger partial charge in [-0.3, -0.25) is 4.79 Å². The average molecular weight is 1340 g/mol. The highest BCUT2D eigenvalue weighted by Gasteiger charge is 2.70. The van der Waals surface area contributed by atoms with Gasteiger partial charge in [0.25, 0.3) is 0 Å². The summed E-state index contributed by atoms with van der Waals surface area (Å²) in [5, 5.41) is 174. The van der Waals surface area contributed by atoms with Gasteiger partial charge in [-0.1, -0.05) is 60.1 Å². The Labute approximate surface area is 540 Å². The molecule has 534 valence electrons. The first kappa shape index (κ1) is 72.4. The monoisotopic (exact) mass is 1340 g/mol. The maximum atomic E-state index is 15.3. The molecule has 36 atom stereocenters. The molecule has 4 saturated carbocycles. The van der Waals surface area contributed by atoms with Gasteiger partial charge in [0.15, 0.2) is 31.5 Å². The number of hydrogen-bond acceptors (Lipinski definition) is 29. The highest BCUT2D eigenvalue weighted by atomic mass is 16.8. The summed E-state index contributed by atoms with van der Waals surface area (Å²) in [6.45, 7) is 16.7. The predicted octanol–water partition coefficient (Wildman–Crippen LogP) is -3.05. The molecule has 5 aliphatic carbocycles. The van der Waals surface area contributed by atoms with Crippen LogP contribution in [0.1, 0.15) is 127 Å². The van der Waals surface area contributed by atoms with E-state index in [0.717, 1.165) is 25.7 Å². The summed E-state index contributed by atoms with van der Waals surface area (Å²) in [5.74, 6) is -0.598. The minimum Gasteiger partial charge on any atom is -0.432 e. The number of fused-ring (bicyclic) bond motifs is 7. The molecule has 6 aliphatic heterocycles. The Balaban J connectivity index is 0.762. The third kappa shape index (κ3) is 12.6. The third-order valence-electron chi connectivity index (χ3n) is 24.8. The molecule has 11 rings (SSSR count). The third-order valence-corrected chi connectivity index (χ3v) is 24.8. The first-order valence-electron chi connectivity index (χ1n) is 33.4. The zero-order valence-corrected chi connectivity index (χ0v) is 54.4. The Kier molecular flexibility index (Phi) is 20.9. The molecular weight excluding hydrogens is 1230 g/mol. The van der Waals surface area contributed by atoms with Gasteiger partial charge in [-0.25, -0.2) is 0 Å². The molecule has 0 aromatic heterocycles. The Morgan fingerprint density at radius 1 is 0.505 bits per heavy atom. The van der Waals surface area contributed by atoms with Crippen molar-refractivity contribution in [2.75, 3.05) is 26.4 Å². The molecule has 29 nitrogen and oxygen atoms in total. The van der Waals surface area contributed by atoms with E-state index in [4.69, 9.17) is 56.8 Å². The highest BCUT2D eigenvalue weighted by molar-refractivity contribution is 5.79. The van der Waals surface area contributed by atoms with Gasteiger partial charge in [0.2, 0.25) is 6.29 Å². The summed E-state index contributed by atoms with van der Waals surface area (Å²) in [6.07, 6.45) is -35.6. The van der Waals surface area contributed by atoms with Crippen LogP contribution in [-0.4, -0.2) is 292 Å². The van der Waals surface area contributed by atoms with Crippen LogP contribution in [-0.2, 0) is 61.6 Å². The lowest BCUT2D eigenvalue weighted by molar-refractivity contribution is -0.378. The van der Waals surface area contributed by atoms with Crippen molar-refractivity contribution < 1.29 is 143 Å². The van der Waals surface area contributed by atoms with Crippen molar-refractivity contribution in [1.82, 2.24) is 0 Å². The molecule has 0 spiro atoms. The molecule has 16 N–H and O–H groups in total. The summed E-state index contributed by atoms with van der Waals surface area (Å²) in [7, 11) is 0. The number of aliphatic hydroxyl groups is 16. The van der Waals surface area contributed by atoms with Gasteiger partial charge in [0, 0.05) is 0 Å². The fourth-order valence-electron chi connectivity index (χ4n) is 18.7. The van der Waals surface area contributed by atoms with Gasteiger partial charge in [0.05, 0.1) is 50.2 Å². The van der Waals surface area contributed by atoms with Gasteiger partial charge in [0.1, 0.15) is 122 Å². The van der Waals surface area contributed by atoms with E-state index in [2.05, 4.69) is 54.5 Å². The van der Waals surface area contributed by atoms with Crippen molar-refractivity contribution in [3.8, 4) is 0 Å². The Bertz CT molecular complexity index is 2620. The van der Waals surface area contributed by atoms with Crippen molar-refractivity contribution >= 4 is 5.97 Å². The normalized spacial score (nSPS) is 54.7. The Morgan fingerprint density at radius 3 is 1.76 bits per heavy atom. The molecule has 2 unspecified atom stereocenters. The van der Waals surface area contributed by atoms with Crippen LogP contribution in [0.25, 0.3) is 0 Å². The van der Waals surface area contributed by atoms with E-state index in [-0.39, 0.29) is 46.0 Å². The van der Waals surface area contributed by atoms with E-state index in [1.807, 2.05) is 0 Å². The molecule has 93 heavy (non-hydrogen) atoms. The molecule has 0 aromatic rings. The second-order valence-electron chi connectivity index (χ2n) is 31.0. The van der Waals surface area contributed by atoms with Crippen LogP contribution in [0.3, 0.4) is 0 Å². The lowest BCUT2D eigenvalue weighted by atomic mass is 9.33. The maximum Gasteiger partial charge on any atom is 0.315 e. The van der Waals surface area contributed by atoms with Gasteiger partial charge < -0.3 is 139 Å². The zero-order valence-electron chi connectivity index (χ0n) is 54.4. The largest absolute Gasteiger partial charge is 0.432 e. The molecule has 0 bridgehead atoms. The van der Waals surface area contributed by atoms with Gasteiger partial charge in [-0.15, -0.1) is 0 Å². The summed E-state index contributed by atoms with van der Waals surface area (Å²) in [4.78, 5) is 15.3. The van der Waals surface area contributed by atoms with E-state index in [9.17, 15) is 81.7 Å². The minimum atomic E-state index is -1.90. The summed E-state index contributed by atoms with van der Waals surface area (Å²) in [6, 6.07) is 0. The van der Waals surface area contributed by atoms with Crippen LogP contribution >= 0.6 is 0 Å². The van der Waals surface area contributed by atoms with Crippen molar-refractivity contribution in [3.05, 3.63) is 11.6 Å². The summed E-state index contributed by atoms with van der Waals surface area (Å²) in [5.41, 5.74) is -1.40. The van der Waals surface area contributed by atoms with Crippen molar-refractivity contribution in [2.45, 2.75) is 305 Å². The summed E-state index contributed by atoms with van der Waals surface area (Å²) >= 11 is 0. The fourth-order valence-corrected chi connectivity index (χ4v) is 18.7. The molecule has 6 heterocycles. The number of hydrogen-bond donors (Lipinski definition) is 16. The van der Waals surface area contributed by atoms with Crippen LogP contribution < -0.4 is 0 Å². The Hall–Kier alpha value is -1.87. The van der Waals surface area contributed by atoms with Crippen molar-refractivity contribution in [1.29, 1.82) is 0 Å². The molecule has 11 aliphatic rings. The number of carbonyl (C=O) groups excluding carboxylic acids is 1. The van der Waals surface area contributed by atoms with Crippen LogP contribution in [0.4, 0.5) is 0 Å². The molecule has 29 heteroatoms. The minimum absolute atomic E-state index is 0.113. The van der Waals surface area contributed by atoms with Crippen LogP contribution in [0.2, 0.25) is 0 Å².